The summed E-state index contributed by atoms with van der Waals surface area (Å²) in [6, 6.07) is 23.8. The molecule has 0 radical (unpaired) electrons. The van der Waals surface area contributed by atoms with E-state index >= 15 is 0 Å². The number of nitrogens with zero attached hydrogens (tertiary/aromatic N) is 1. The summed E-state index contributed by atoms with van der Waals surface area (Å²) in [7, 11) is 0. The van der Waals surface area contributed by atoms with Crippen molar-refractivity contribution in [2.24, 2.45) is 0 Å². The molecule has 3 nitrogen and oxygen atoms in total. The molecule has 1 aliphatic rings. The van der Waals surface area contributed by atoms with Crippen LogP contribution in [0.4, 0.5) is 4.39 Å². The average molecular weight is 377 g/mol. The number of rotatable bonds is 5. The molecule has 0 saturated carbocycles. The van der Waals surface area contributed by atoms with Crippen LogP contribution in [-0.2, 0) is 12.1 Å². The SMILES string of the molecule is Oc1c(F)cccc1CN1CCC[C@@H]1C(O)(c1ccccc1)c1ccccc1. The smallest absolute Gasteiger partial charge is 0.165 e. The zero-order chi connectivity index (χ0) is 19.6. The van der Waals surface area contributed by atoms with Crippen molar-refractivity contribution in [3.63, 3.8) is 0 Å². The van der Waals surface area contributed by atoms with E-state index in [9.17, 15) is 14.6 Å². The van der Waals surface area contributed by atoms with Gasteiger partial charge in [0.1, 0.15) is 5.60 Å². The van der Waals surface area contributed by atoms with Gasteiger partial charge in [-0.1, -0.05) is 72.8 Å². The van der Waals surface area contributed by atoms with Crippen LogP contribution in [0.25, 0.3) is 0 Å². The maximum Gasteiger partial charge on any atom is 0.165 e. The number of aromatic hydroxyl groups is 1. The molecule has 1 saturated heterocycles. The Labute approximate surface area is 164 Å². The molecule has 0 amide bonds. The van der Waals surface area contributed by atoms with Crippen molar-refractivity contribution in [1.82, 2.24) is 4.90 Å². The minimum Gasteiger partial charge on any atom is -0.505 e. The molecule has 3 aromatic rings. The summed E-state index contributed by atoms with van der Waals surface area (Å²) in [6.07, 6.45) is 1.75. The van der Waals surface area contributed by atoms with E-state index in [0.29, 0.717) is 12.1 Å². The molecule has 1 heterocycles. The summed E-state index contributed by atoms with van der Waals surface area (Å²) in [5.74, 6) is -0.925. The number of phenolic OH excluding ortho intramolecular Hbond substituents is 1. The van der Waals surface area contributed by atoms with Gasteiger partial charge in [-0.2, -0.15) is 0 Å². The van der Waals surface area contributed by atoms with E-state index in [1.54, 1.807) is 12.1 Å². The zero-order valence-corrected chi connectivity index (χ0v) is 15.6. The second-order valence-corrected chi connectivity index (χ2v) is 7.37. The third-order valence-electron chi connectivity index (χ3n) is 5.72. The van der Waals surface area contributed by atoms with E-state index < -0.39 is 11.4 Å². The van der Waals surface area contributed by atoms with Gasteiger partial charge in [-0.25, -0.2) is 4.39 Å². The number of benzene rings is 3. The lowest BCUT2D eigenvalue weighted by Crippen LogP contribution is -2.48. The van der Waals surface area contributed by atoms with Crippen LogP contribution in [0, 0.1) is 5.82 Å². The number of phenols is 1. The van der Waals surface area contributed by atoms with Crippen molar-refractivity contribution < 1.29 is 14.6 Å². The second kappa shape index (κ2) is 7.74. The molecule has 0 bridgehead atoms. The Balaban J connectivity index is 1.74. The van der Waals surface area contributed by atoms with Gasteiger partial charge in [0, 0.05) is 18.2 Å². The lowest BCUT2D eigenvalue weighted by molar-refractivity contribution is -0.00675. The molecule has 4 rings (SSSR count). The quantitative estimate of drug-likeness (QED) is 0.691. The highest BCUT2D eigenvalue weighted by atomic mass is 19.1. The minimum absolute atomic E-state index is 0.181. The predicted molar refractivity (Wildman–Crippen MR) is 107 cm³/mol. The summed E-state index contributed by atoms with van der Waals surface area (Å²) in [6.45, 7) is 1.17. The lowest BCUT2D eigenvalue weighted by Gasteiger charge is -2.40. The van der Waals surface area contributed by atoms with E-state index in [1.165, 1.54) is 6.07 Å². The Hall–Kier alpha value is -2.69. The van der Waals surface area contributed by atoms with Crippen molar-refractivity contribution in [2.45, 2.75) is 31.0 Å². The van der Waals surface area contributed by atoms with E-state index in [4.69, 9.17) is 0 Å². The van der Waals surface area contributed by atoms with E-state index in [-0.39, 0.29) is 11.8 Å². The van der Waals surface area contributed by atoms with Gasteiger partial charge >= 0.3 is 0 Å². The molecule has 0 spiro atoms. The first-order chi connectivity index (χ1) is 13.6. The highest BCUT2D eigenvalue weighted by Crippen LogP contribution is 2.41. The van der Waals surface area contributed by atoms with Gasteiger partial charge in [0.05, 0.1) is 0 Å². The topological polar surface area (TPSA) is 43.7 Å². The van der Waals surface area contributed by atoms with Gasteiger partial charge in [-0.05, 0) is 36.6 Å². The standard InChI is InChI=1S/C24H24FNO2/c25-21-14-7-9-18(23(21)27)17-26-16-8-15-22(26)24(28,19-10-3-1-4-11-19)20-12-5-2-6-13-20/h1-7,9-14,22,27-28H,8,15-17H2/t22-/m1/s1. The van der Waals surface area contributed by atoms with Gasteiger partial charge in [-0.3, -0.25) is 4.90 Å². The molecular weight excluding hydrogens is 353 g/mol. The van der Waals surface area contributed by atoms with Crippen LogP contribution in [0.2, 0.25) is 0 Å². The molecule has 28 heavy (non-hydrogen) atoms. The molecule has 1 fully saturated rings. The molecule has 4 heteroatoms. The summed E-state index contributed by atoms with van der Waals surface area (Å²) >= 11 is 0. The normalized spacial score (nSPS) is 17.7. The summed E-state index contributed by atoms with van der Waals surface area (Å²) in [5.41, 5.74) is 1.01. The third kappa shape index (κ3) is 3.30. The van der Waals surface area contributed by atoms with Gasteiger partial charge in [0.15, 0.2) is 11.6 Å². The van der Waals surface area contributed by atoms with Crippen LogP contribution < -0.4 is 0 Å². The molecule has 144 valence electrons. The molecule has 0 unspecified atom stereocenters. The van der Waals surface area contributed by atoms with Gasteiger partial charge in [0.2, 0.25) is 0 Å². The molecule has 1 aliphatic heterocycles. The first kappa shape index (κ1) is 18.7. The van der Waals surface area contributed by atoms with Crippen molar-refractivity contribution in [3.8, 4) is 5.75 Å². The third-order valence-corrected chi connectivity index (χ3v) is 5.72. The first-order valence-corrected chi connectivity index (χ1v) is 9.64. The van der Waals surface area contributed by atoms with Crippen molar-refractivity contribution in [3.05, 3.63) is 101 Å². The van der Waals surface area contributed by atoms with Crippen molar-refractivity contribution in [1.29, 1.82) is 0 Å². The Morgan fingerprint density at radius 2 is 1.50 bits per heavy atom. The van der Waals surface area contributed by atoms with E-state index in [0.717, 1.165) is 30.5 Å². The van der Waals surface area contributed by atoms with Crippen LogP contribution in [-0.4, -0.2) is 27.7 Å². The number of hydrogen-bond acceptors (Lipinski definition) is 3. The highest BCUT2D eigenvalue weighted by molar-refractivity contribution is 5.39. The maximum atomic E-state index is 13.8. The fourth-order valence-corrected chi connectivity index (χ4v) is 4.33. The van der Waals surface area contributed by atoms with Crippen LogP contribution >= 0.6 is 0 Å². The summed E-state index contributed by atoms with van der Waals surface area (Å²) in [4.78, 5) is 2.15. The number of para-hydroxylation sites is 1. The molecule has 0 aliphatic carbocycles. The fourth-order valence-electron chi connectivity index (χ4n) is 4.33. The summed E-state index contributed by atoms with van der Waals surface area (Å²) < 4.78 is 13.8. The first-order valence-electron chi connectivity index (χ1n) is 9.64. The number of hydrogen-bond donors (Lipinski definition) is 2. The Bertz CT molecular complexity index is 890. The molecule has 1 atom stereocenters. The van der Waals surface area contributed by atoms with Crippen LogP contribution in [0.3, 0.4) is 0 Å². The predicted octanol–water partition coefficient (Wildman–Crippen LogP) is 4.43. The van der Waals surface area contributed by atoms with Crippen LogP contribution in [0.1, 0.15) is 29.5 Å². The van der Waals surface area contributed by atoms with Crippen LogP contribution in [0.15, 0.2) is 78.9 Å². The lowest BCUT2D eigenvalue weighted by atomic mass is 9.79. The van der Waals surface area contributed by atoms with Crippen molar-refractivity contribution >= 4 is 0 Å². The molecule has 2 N–H and O–H groups in total. The molecule has 3 aromatic carbocycles. The fraction of sp³-hybridized carbons (Fsp3) is 0.250. The van der Waals surface area contributed by atoms with Gasteiger partial charge in [0.25, 0.3) is 0 Å². The van der Waals surface area contributed by atoms with Gasteiger partial charge in [-0.15, -0.1) is 0 Å². The number of likely N-dealkylation sites (tertiary alicyclic amines) is 1. The Morgan fingerprint density at radius 3 is 2.11 bits per heavy atom. The van der Waals surface area contributed by atoms with Crippen LogP contribution in [0.5, 0.6) is 5.75 Å². The zero-order valence-electron chi connectivity index (χ0n) is 15.6. The number of halogens is 1. The summed E-state index contributed by atoms with van der Waals surface area (Å²) in [5, 5.41) is 22.2. The Kier molecular flexibility index (Phi) is 5.16. The largest absolute Gasteiger partial charge is 0.505 e. The maximum absolute atomic E-state index is 13.8. The van der Waals surface area contributed by atoms with Gasteiger partial charge < -0.3 is 10.2 Å². The van der Waals surface area contributed by atoms with Crippen molar-refractivity contribution in [2.75, 3.05) is 6.54 Å². The number of aliphatic hydroxyl groups is 1. The molecule has 0 aromatic heterocycles. The second-order valence-electron chi connectivity index (χ2n) is 7.37. The van der Waals surface area contributed by atoms with E-state index in [2.05, 4.69) is 4.90 Å². The Morgan fingerprint density at radius 1 is 0.893 bits per heavy atom. The molecular formula is C24H24FNO2. The monoisotopic (exact) mass is 377 g/mol. The average Bonchev–Trinajstić information content (AvgIpc) is 3.21. The minimum atomic E-state index is -1.19. The van der Waals surface area contributed by atoms with E-state index in [1.807, 2.05) is 60.7 Å². The highest BCUT2D eigenvalue weighted by Gasteiger charge is 2.45.